The van der Waals surface area contributed by atoms with E-state index in [-0.39, 0.29) is 0 Å². The zero-order valence-corrected chi connectivity index (χ0v) is 18.6. The molecule has 5 N–H and O–H groups in total. The molecule has 0 bridgehead atoms. The first-order valence-corrected chi connectivity index (χ1v) is 10.2. The number of imidazole rings is 1. The molecule has 3 heterocycles. The predicted molar refractivity (Wildman–Crippen MR) is 116 cm³/mol. The van der Waals surface area contributed by atoms with Gasteiger partial charge in [-0.1, -0.05) is 30.3 Å². The summed E-state index contributed by atoms with van der Waals surface area (Å²) in [4.78, 5) is 24.1. The highest BCUT2D eigenvalue weighted by molar-refractivity contribution is 9.11. The summed E-state index contributed by atoms with van der Waals surface area (Å²) >= 11 is 7.34. The van der Waals surface area contributed by atoms with Crippen molar-refractivity contribution >= 4 is 54.8 Å². The van der Waals surface area contributed by atoms with E-state index in [2.05, 4.69) is 63.9 Å². The van der Waals surface area contributed by atoms with Crippen LogP contribution in [0.3, 0.4) is 0 Å². The van der Waals surface area contributed by atoms with Crippen molar-refractivity contribution in [3.05, 3.63) is 62.8 Å². The summed E-state index contributed by atoms with van der Waals surface area (Å²) in [7, 11) is 0. The number of alkyl halides is 3. The third-order valence-corrected chi connectivity index (χ3v) is 5.66. The molecule has 31 heavy (non-hydrogen) atoms. The van der Waals surface area contributed by atoms with Crippen molar-refractivity contribution in [1.82, 2.24) is 19.9 Å². The Bertz CT molecular complexity index is 1220. The lowest BCUT2D eigenvalue weighted by molar-refractivity contribution is -0.192. The zero-order valence-electron chi connectivity index (χ0n) is 15.5. The summed E-state index contributed by atoms with van der Waals surface area (Å²) in [5.41, 5.74) is 11.4. The molecular weight excluding hydrogens is 547 g/mol. The molecule has 0 atom stereocenters. The van der Waals surface area contributed by atoms with Crippen LogP contribution in [0, 0.1) is 0 Å². The Balaban J connectivity index is 0.000000339. The Morgan fingerprint density at radius 1 is 1.13 bits per heavy atom. The molecule has 162 valence electrons. The first-order valence-electron chi connectivity index (χ1n) is 8.58. The van der Waals surface area contributed by atoms with Crippen LogP contribution < -0.4 is 5.73 Å². The molecule has 0 unspecified atom stereocenters. The molecule has 0 saturated carbocycles. The minimum atomic E-state index is -5.08. The molecule has 12 heteroatoms. The van der Waals surface area contributed by atoms with E-state index in [0.29, 0.717) is 5.95 Å². The Kier molecular flexibility index (Phi) is 6.70. The van der Waals surface area contributed by atoms with Gasteiger partial charge in [-0.2, -0.15) is 13.2 Å². The topological polar surface area (TPSA) is 121 Å². The predicted octanol–water partition coefficient (Wildman–Crippen LogP) is 5.28. The number of pyridine rings is 1. The zero-order chi connectivity index (χ0) is 22.8. The van der Waals surface area contributed by atoms with Crippen LogP contribution in [0.4, 0.5) is 19.1 Å². The van der Waals surface area contributed by atoms with Crippen LogP contribution in [0.5, 0.6) is 0 Å². The van der Waals surface area contributed by atoms with Crippen molar-refractivity contribution in [1.29, 1.82) is 0 Å². The number of hydrogen-bond donors (Lipinski definition) is 4. The second-order valence-electron chi connectivity index (χ2n) is 6.25. The smallest absolute Gasteiger partial charge is 0.475 e. The van der Waals surface area contributed by atoms with Crippen LogP contribution >= 0.6 is 31.9 Å². The van der Waals surface area contributed by atoms with Crippen LogP contribution in [-0.2, 0) is 11.2 Å². The minimum absolute atomic E-state index is 0.380. The molecule has 4 rings (SSSR count). The number of aromatic amines is 2. The van der Waals surface area contributed by atoms with Crippen LogP contribution in [-0.4, -0.2) is 37.2 Å². The largest absolute Gasteiger partial charge is 0.490 e. The Morgan fingerprint density at radius 2 is 1.77 bits per heavy atom. The standard InChI is InChI=1S/C17H13Br2N5.C2HF3O2/c18-12-10(8-9-4-2-1-3-5-9)16(19)23-14(12)15-13-11(6-7-21-15)22-17(20)24-13;3-2(4,5)1(6)7/h1-7,23H,8H2,(H3,20,22,24);(H,6,7). The molecule has 0 aliphatic heterocycles. The Morgan fingerprint density at radius 3 is 2.39 bits per heavy atom. The lowest BCUT2D eigenvalue weighted by atomic mass is 10.1. The molecule has 0 aliphatic rings. The molecule has 0 spiro atoms. The van der Waals surface area contributed by atoms with Gasteiger partial charge in [-0.15, -0.1) is 0 Å². The number of fused-ring (bicyclic) bond motifs is 1. The number of H-pyrrole nitrogens is 2. The number of aliphatic carboxylic acids is 1. The third kappa shape index (κ3) is 5.25. The number of aromatic nitrogens is 4. The van der Waals surface area contributed by atoms with Gasteiger partial charge >= 0.3 is 12.1 Å². The molecule has 0 fully saturated rings. The van der Waals surface area contributed by atoms with Gasteiger partial charge in [-0.05, 0) is 43.5 Å². The van der Waals surface area contributed by atoms with E-state index in [4.69, 9.17) is 15.6 Å². The maximum absolute atomic E-state index is 10.6. The number of halogens is 5. The fraction of sp³-hybridized carbons (Fsp3) is 0.105. The fourth-order valence-corrected chi connectivity index (χ4v) is 4.17. The van der Waals surface area contributed by atoms with Gasteiger partial charge in [0.2, 0.25) is 0 Å². The van der Waals surface area contributed by atoms with Gasteiger partial charge in [0.25, 0.3) is 0 Å². The number of carboxylic acid groups (broad SMARTS) is 1. The number of nitrogens with zero attached hydrogens (tertiary/aromatic N) is 2. The molecule has 4 aromatic rings. The second kappa shape index (κ2) is 9.10. The van der Waals surface area contributed by atoms with Crippen molar-refractivity contribution in [2.24, 2.45) is 0 Å². The molecule has 7 nitrogen and oxygen atoms in total. The maximum Gasteiger partial charge on any atom is 0.490 e. The highest BCUT2D eigenvalue weighted by atomic mass is 79.9. The summed E-state index contributed by atoms with van der Waals surface area (Å²) in [5, 5.41) is 7.12. The molecule has 0 amide bonds. The molecule has 0 saturated heterocycles. The number of carbonyl (C=O) groups is 1. The first kappa shape index (κ1) is 22.8. The summed E-state index contributed by atoms with van der Waals surface area (Å²) in [5.74, 6) is -2.38. The van der Waals surface area contributed by atoms with E-state index < -0.39 is 12.1 Å². The second-order valence-corrected chi connectivity index (χ2v) is 7.84. The molecule has 1 aromatic carbocycles. The van der Waals surface area contributed by atoms with Crippen LogP contribution in [0.15, 0.2) is 51.7 Å². The average molecular weight is 561 g/mol. The molecule has 0 radical (unpaired) electrons. The van der Waals surface area contributed by atoms with Crippen molar-refractivity contribution < 1.29 is 23.1 Å². The van der Waals surface area contributed by atoms with E-state index in [1.54, 1.807) is 6.20 Å². The number of nitrogen functional groups attached to an aromatic ring is 1. The van der Waals surface area contributed by atoms with Gasteiger partial charge < -0.3 is 20.8 Å². The van der Waals surface area contributed by atoms with Crippen molar-refractivity contribution in [2.75, 3.05) is 5.73 Å². The number of benzene rings is 1. The highest BCUT2D eigenvalue weighted by Gasteiger charge is 2.38. The van der Waals surface area contributed by atoms with Crippen molar-refractivity contribution in [3.63, 3.8) is 0 Å². The quantitative estimate of drug-likeness (QED) is 0.271. The Labute approximate surface area is 190 Å². The highest BCUT2D eigenvalue weighted by Crippen LogP contribution is 2.38. The van der Waals surface area contributed by atoms with Crippen LogP contribution in [0.2, 0.25) is 0 Å². The van der Waals surface area contributed by atoms with Crippen LogP contribution in [0.25, 0.3) is 22.4 Å². The maximum atomic E-state index is 10.6. The van der Waals surface area contributed by atoms with Gasteiger partial charge in [0.15, 0.2) is 5.95 Å². The first-order chi connectivity index (χ1) is 14.6. The number of hydrogen-bond acceptors (Lipinski definition) is 4. The number of nitrogens with one attached hydrogen (secondary N) is 2. The van der Waals surface area contributed by atoms with E-state index in [0.717, 1.165) is 43.5 Å². The lowest BCUT2D eigenvalue weighted by Crippen LogP contribution is -2.21. The lowest BCUT2D eigenvalue weighted by Gasteiger charge is -2.02. The summed E-state index contributed by atoms with van der Waals surface area (Å²) in [6, 6.07) is 12.2. The molecular formula is C19H14Br2F3N5O2. The SMILES string of the molecule is Nc1nc2c(-c3[nH]c(Br)c(Cc4ccccc4)c3Br)nccc2[nH]1.O=C(O)C(F)(F)F. The van der Waals surface area contributed by atoms with Crippen LogP contribution in [0.1, 0.15) is 11.1 Å². The molecule has 0 aliphatic carbocycles. The fourth-order valence-electron chi connectivity index (χ4n) is 2.74. The van der Waals surface area contributed by atoms with Gasteiger partial charge in [0.05, 0.1) is 15.8 Å². The summed E-state index contributed by atoms with van der Waals surface area (Å²) in [6.45, 7) is 0. The monoisotopic (exact) mass is 559 g/mol. The molecule has 3 aromatic heterocycles. The normalized spacial score (nSPS) is 11.3. The minimum Gasteiger partial charge on any atom is -0.475 e. The number of nitrogens with two attached hydrogens (primary N) is 1. The van der Waals surface area contributed by atoms with Crippen molar-refractivity contribution in [3.8, 4) is 11.4 Å². The van der Waals surface area contributed by atoms with E-state index in [9.17, 15) is 13.2 Å². The summed E-state index contributed by atoms with van der Waals surface area (Å²) < 4.78 is 33.6. The van der Waals surface area contributed by atoms with Crippen molar-refractivity contribution in [2.45, 2.75) is 12.6 Å². The van der Waals surface area contributed by atoms with E-state index in [1.165, 1.54) is 5.56 Å². The average Bonchev–Trinajstić information content (AvgIpc) is 3.22. The number of rotatable bonds is 3. The number of anilines is 1. The van der Waals surface area contributed by atoms with E-state index in [1.807, 2.05) is 24.3 Å². The van der Waals surface area contributed by atoms with Gasteiger partial charge in [0, 0.05) is 22.7 Å². The third-order valence-electron chi connectivity index (χ3n) is 4.11. The Hall–Kier alpha value is -2.86. The van der Waals surface area contributed by atoms with Gasteiger partial charge in [-0.25, -0.2) is 9.78 Å². The number of carboxylic acids is 1. The van der Waals surface area contributed by atoms with E-state index >= 15 is 0 Å². The summed E-state index contributed by atoms with van der Waals surface area (Å²) in [6.07, 6.45) is -2.54. The van der Waals surface area contributed by atoms with Gasteiger partial charge in [0.1, 0.15) is 11.2 Å². The van der Waals surface area contributed by atoms with Gasteiger partial charge in [-0.3, -0.25) is 4.98 Å².